The quantitative estimate of drug-likeness (QED) is 0.892. The first-order chi connectivity index (χ1) is 9.24. The zero-order valence-electron chi connectivity index (χ0n) is 11.1. The molecule has 19 heavy (non-hydrogen) atoms. The van der Waals surface area contributed by atoms with Crippen molar-refractivity contribution in [3.05, 3.63) is 29.0 Å². The van der Waals surface area contributed by atoms with Crippen LogP contribution in [-0.4, -0.2) is 16.0 Å². The Labute approximate surface area is 122 Å². The molecule has 0 aliphatic heterocycles. The van der Waals surface area contributed by atoms with E-state index in [0.29, 0.717) is 12.0 Å². The number of benzene rings is 1. The highest BCUT2D eigenvalue weighted by atomic mass is 79.9. The third-order valence-corrected chi connectivity index (χ3v) is 4.52. The summed E-state index contributed by atoms with van der Waals surface area (Å²) in [7, 11) is 0. The first-order valence-corrected chi connectivity index (χ1v) is 7.70. The Morgan fingerprint density at radius 3 is 2.89 bits per heavy atom. The summed E-state index contributed by atoms with van der Waals surface area (Å²) in [5.74, 6) is 1.68. The Balaban J connectivity index is 1.93. The highest BCUT2D eigenvalue weighted by Gasteiger charge is 2.22. The van der Waals surface area contributed by atoms with E-state index >= 15 is 0 Å². The van der Waals surface area contributed by atoms with E-state index in [9.17, 15) is 0 Å². The molecule has 1 saturated carbocycles. The smallest absolute Gasteiger partial charge is 0.137 e. The van der Waals surface area contributed by atoms with Crippen molar-refractivity contribution in [3.8, 4) is 0 Å². The van der Waals surface area contributed by atoms with Gasteiger partial charge in [-0.2, -0.15) is 0 Å². The van der Waals surface area contributed by atoms with E-state index in [2.05, 4.69) is 44.2 Å². The molecule has 1 N–H and O–H groups in total. The Morgan fingerprint density at radius 1 is 1.21 bits per heavy atom. The van der Waals surface area contributed by atoms with E-state index in [0.717, 1.165) is 21.2 Å². The predicted octanol–water partition coefficient (Wildman–Crippen LogP) is 4.38. The Hall–Kier alpha value is -1.16. The minimum atomic E-state index is 0.533. The summed E-state index contributed by atoms with van der Waals surface area (Å²) in [6.07, 6.45) is 6.86. The van der Waals surface area contributed by atoms with Gasteiger partial charge in [-0.1, -0.05) is 35.7 Å². The number of aromatic nitrogens is 2. The maximum atomic E-state index is 4.43. The van der Waals surface area contributed by atoms with Crippen molar-refractivity contribution in [2.24, 2.45) is 5.92 Å². The van der Waals surface area contributed by atoms with Crippen molar-refractivity contribution < 1.29 is 0 Å². The molecule has 0 radical (unpaired) electrons. The summed E-state index contributed by atoms with van der Waals surface area (Å²) >= 11 is 3.52. The van der Waals surface area contributed by atoms with Gasteiger partial charge >= 0.3 is 0 Å². The lowest BCUT2D eigenvalue weighted by molar-refractivity contribution is 0.349. The van der Waals surface area contributed by atoms with Crippen LogP contribution in [-0.2, 0) is 0 Å². The molecule has 1 aliphatic carbocycles. The fourth-order valence-corrected chi connectivity index (χ4v) is 3.21. The molecule has 2 aromatic rings. The van der Waals surface area contributed by atoms with Crippen LogP contribution >= 0.6 is 15.9 Å². The molecule has 0 spiro atoms. The van der Waals surface area contributed by atoms with Crippen molar-refractivity contribution in [2.75, 3.05) is 5.32 Å². The van der Waals surface area contributed by atoms with E-state index in [4.69, 9.17) is 0 Å². The van der Waals surface area contributed by atoms with Gasteiger partial charge in [0.05, 0.1) is 5.52 Å². The minimum Gasteiger partial charge on any atom is -0.366 e. The van der Waals surface area contributed by atoms with Crippen LogP contribution in [0.5, 0.6) is 0 Å². The summed E-state index contributed by atoms with van der Waals surface area (Å²) in [6.45, 7) is 2.33. The van der Waals surface area contributed by atoms with Crippen LogP contribution < -0.4 is 5.32 Å². The third-order valence-electron chi connectivity index (χ3n) is 4.03. The highest BCUT2D eigenvalue weighted by Crippen LogP contribution is 2.29. The lowest BCUT2D eigenvalue weighted by Crippen LogP contribution is -2.30. The summed E-state index contributed by atoms with van der Waals surface area (Å²) in [4.78, 5) is 8.76. The molecule has 1 aliphatic rings. The first kappa shape index (κ1) is 12.9. The van der Waals surface area contributed by atoms with Gasteiger partial charge in [-0.05, 0) is 37.0 Å². The number of halogens is 1. The third kappa shape index (κ3) is 2.73. The standard InChI is InChI=1S/C15H18BrN3/c1-10-4-2-3-5-13(10)19-15-12-8-11(16)6-7-14(12)17-9-18-15/h6-10,13H,2-5H2,1H3,(H,17,18,19)/t10-,13+/m0/s1. The molecule has 1 heterocycles. The summed E-state index contributed by atoms with van der Waals surface area (Å²) < 4.78 is 1.06. The number of fused-ring (bicyclic) bond motifs is 1. The fraction of sp³-hybridized carbons (Fsp3) is 0.467. The molecule has 1 aromatic heterocycles. The number of nitrogens with one attached hydrogen (secondary N) is 1. The van der Waals surface area contributed by atoms with Crippen LogP contribution in [0.25, 0.3) is 10.9 Å². The summed E-state index contributed by atoms with van der Waals surface area (Å²) in [6, 6.07) is 6.66. The van der Waals surface area contributed by atoms with Crippen molar-refractivity contribution >= 4 is 32.7 Å². The van der Waals surface area contributed by atoms with Crippen LogP contribution in [0.15, 0.2) is 29.0 Å². The molecule has 4 heteroatoms. The lowest BCUT2D eigenvalue weighted by Gasteiger charge is -2.30. The average Bonchev–Trinajstić information content (AvgIpc) is 2.42. The van der Waals surface area contributed by atoms with Crippen LogP contribution in [0.3, 0.4) is 0 Å². The predicted molar refractivity (Wildman–Crippen MR) is 82.3 cm³/mol. The number of hydrogen-bond acceptors (Lipinski definition) is 3. The molecular weight excluding hydrogens is 302 g/mol. The molecule has 100 valence electrons. The van der Waals surface area contributed by atoms with E-state index < -0.39 is 0 Å². The fourth-order valence-electron chi connectivity index (χ4n) is 2.85. The number of nitrogens with zero attached hydrogens (tertiary/aromatic N) is 2. The Kier molecular flexibility index (Phi) is 3.69. The zero-order valence-corrected chi connectivity index (χ0v) is 12.7. The van der Waals surface area contributed by atoms with E-state index in [1.807, 2.05) is 12.1 Å². The molecule has 0 amide bonds. The van der Waals surface area contributed by atoms with Crippen molar-refractivity contribution in [3.63, 3.8) is 0 Å². The second-order valence-electron chi connectivity index (χ2n) is 5.40. The van der Waals surface area contributed by atoms with Crippen LogP contribution in [0, 0.1) is 5.92 Å². The molecule has 0 saturated heterocycles. The second-order valence-corrected chi connectivity index (χ2v) is 6.31. The monoisotopic (exact) mass is 319 g/mol. The van der Waals surface area contributed by atoms with Gasteiger partial charge in [0, 0.05) is 15.9 Å². The van der Waals surface area contributed by atoms with Gasteiger partial charge in [0.15, 0.2) is 0 Å². The molecular formula is C15H18BrN3. The van der Waals surface area contributed by atoms with Crippen molar-refractivity contribution in [1.29, 1.82) is 0 Å². The van der Waals surface area contributed by atoms with E-state index in [1.165, 1.54) is 25.7 Å². The van der Waals surface area contributed by atoms with Gasteiger partial charge in [-0.3, -0.25) is 0 Å². The molecule has 1 aromatic carbocycles. The van der Waals surface area contributed by atoms with E-state index in [-0.39, 0.29) is 0 Å². The average molecular weight is 320 g/mol. The maximum absolute atomic E-state index is 4.43. The second kappa shape index (κ2) is 5.45. The largest absolute Gasteiger partial charge is 0.366 e. The van der Waals surface area contributed by atoms with Crippen LogP contribution in [0.2, 0.25) is 0 Å². The topological polar surface area (TPSA) is 37.8 Å². The first-order valence-electron chi connectivity index (χ1n) is 6.91. The zero-order chi connectivity index (χ0) is 13.2. The summed E-state index contributed by atoms with van der Waals surface area (Å²) in [5, 5.41) is 4.72. The van der Waals surface area contributed by atoms with Gasteiger partial charge in [0.2, 0.25) is 0 Å². The van der Waals surface area contributed by atoms with Gasteiger partial charge in [-0.25, -0.2) is 9.97 Å². The van der Waals surface area contributed by atoms with Crippen molar-refractivity contribution in [1.82, 2.24) is 9.97 Å². The van der Waals surface area contributed by atoms with Gasteiger partial charge in [0.1, 0.15) is 12.1 Å². The summed E-state index contributed by atoms with van der Waals surface area (Å²) in [5.41, 5.74) is 0.990. The normalized spacial score (nSPS) is 23.5. The lowest BCUT2D eigenvalue weighted by atomic mass is 9.86. The molecule has 2 atom stereocenters. The molecule has 3 nitrogen and oxygen atoms in total. The molecule has 1 fully saturated rings. The van der Waals surface area contributed by atoms with Crippen LogP contribution in [0.4, 0.5) is 5.82 Å². The Morgan fingerprint density at radius 2 is 2.05 bits per heavy atom. The van der Waals surface area contributed by atoms with Gasteiger partial charge in [0.25, 0.3) is 0 Å². The highest BCUT2D eigenvalue weighted by molar-refractivity contribution is 9.10. The number of anilines is 1. The van der Waals surface area contributed by atoms with Crippen LogP contribution in [0.1, 0.15) is 32.6 Å². The molecule has 3 rings (SSSR count). The number of rotatable bonds is 2. The molecule has 0 unspecified atom stereocenters. The minimum absolute atomic E-state index is 0.533. The maximum Gasteiger partial charge on any atom is 0.137 e. The SMILES string of the molecule is C[C@H]1CCCC[C@H]1Nc1ncnc2ccc(Br)cc12. The molecule has 0 bridgehead atoms. The number of hydrogen-bond donors (Lipinski definition) is 1. The van der Waals surface area contributed by atoms with Gasteiger partial charge in [-0.15, -0.1) is 0 Å². The van der Waals surface area contributed by atoms with Crippen molar-refractivity contribution in [2.45, 2.75) is 38.6 Å². The van der Waals surface area contributed by atoms with E-state index in [1.54, 1.807) is 6.33 Å². The van der Waals surface area contributed by atoms with Gasteiger partial charge < -0.3 is 5.32 Å². The Bertz CT molecular complexity index is 585.